The van der Waals surface area contributed by atoms with Gasteiger partial charge in [0.15, 0.2) is 0 Å². The van der Waals surface area contributed by atoms with Crippen LogP contribution < -0.4 is 10.1 Å². The fourth-order valence-electron chi connectivity index (χ4n) is 2.73. The van der Waals surface area contributed by atoms with E-state index in [1.54, 1.807) is 7.11 Å². The summed E-state index contributed by atoms with van der Waals surface area (Å²) in [6.45, 7) is 4.21. The molecule has 1 saturated carbocycles. The number of nitrogens with one attached hydrogen (secondary N) is 1. The summed E-state index contributed by atoms with van der Waals surface area (Å²) in [7, 11) is 1.72. The topological polar surface area (TPSA) is 56.3 Å². The first kappa shape index (κ1) is 16.0. The molecule has 0 aromatic carbocycles. The summed E-state index contributed by atoms with van der Waals surface area (Å²) in [6.07, 6.45) is 7.25. The van der Waals surface area contributed by atoms with Crippen LogP contribution in [0.2, 0.25) is 0 Å². The highest BCUT2D eigenvalue weighted by atomic mass is 16.5. The number of methoxy groups -OCH3 is 1. The third-order valence-electron chi connectivity index (χ3n) is 3.81. The van der Waals surface area contributed by atoms with Crippen molar-refractivity contribution in [3.63, 3.8) is 0 Å². The number of ether oxygens (including phenoxy) is 2. The molecule has 1 aromatic rings. The second-order valence-electron chi connectivity index (χ2n) is 5.49. The van der Waals surface area contributed by atoms with Gasteiger partial charge in [0.05, 0.1) is 6.61 Å². The van der Waals surface area contributed by atoms with E-state index in [9.17, 15) is 0 Å². The van der Waals surface area contributed by atoms with E-state index in [4.69, 9.17) is 14.5 Å². The molecule has 0 saturated heterocycles. The minimum Gasteiger partial charge on any atom is -0.478 e. The largest absolute Gasteiger partial charge is 0.478 e. The van der Waals surface area contributed by atoms with Crippen molar-refractivity contribution in [1.29, 1.82) is 0 Å². The SMILES string of the molecule is CCOc1cc(NCCCOC)nc(C2CCCCC2)n1. The van der Waals surface area contributed by atoms with Crippen molar-refractivity contribution in [3.8, 4) is 5.88 Å². The molecule has 118 valence electrons. The standard InChI is InChI=1S/C16H27N3O2/c1-3-21-15-12-14(17-10-7-11-20-2)18-16(19-15)13-8-5-4-6-9-13/h12-13H,3-11H2,1-2H3,(H,17,18,19). The number of hydrogen-bond acceptors (Lipinski definition) is 5. The molecule has 0 bridgehead atoms. The van der Waals surface area contributed by atoms with Crippen molar-refractivity contribution in [1.82, 2.24) is 9.97 Å². The maximum Gasteiger partial charge on any atom is 0.218 e. The van der Waals surface area contributed by atoms with Gasteiger partial charge in [-0.15, -0.1) is 0 Å². The first-order valence-electron chi connectivity index (χ1n) is 8.08. The summed E-state index contributed by atoms with van der Waals surface area (Å²) < 4.78 is 10.7. The Kier molecular flexibility index (Phi) is 6.73. The van der Waals surface area contributed by atoms with Crippen molar-refractivity contribution in [2.24, 2.45) is 0 Å². The first-order valence-corrected chi connectivity index (χ1v) is 8.08. The third-order valence-corrected chi connectivity index (χ3v) is 3.81. The number of anilines is 1. The zero-order chi connectivity index (χ0) is 14.9. The van der Waals surface area contributed by atoms with Crippen molar-refractivity contribution in [2.45, 2.75) is 51.4 Å². The van der Waals surface area contributed by atoms with Crippen LogP contribution >= 0.6 is 0 Å². The van der Waals surface area contributed by atoms with Crippen LogP contribution in [0.15, 0.2) is 6.07 Å². The highest BCUT2D eigenvalue weighted by Gasteiger charge is 2.19. The highest BCUT2D eigenvalue weighted by Crippen LogP contribution is 2.32. The van der Waals surface area contributed by atoms with Crippen LogP contribution in [0.3, 0.4) is 0 Å². The van der Waals surface area contributed by atoms with Crippen LogP contribution in [-0.2, 0) is 4.74 Å². The predicted octanol–water partition coefficient (Wildman–Crippen LogP) is 3.37. The zero-order valence-electron chi connectivity index (χ0n) is 13.2. The molecule has 5 heteroatoms. The van der Waals surface area contributed by atoms with Gasteiger partial charge in [-0.1, -0.05) is 19.3 Å². The summed E-state index contributed by atoms with van der Waals surface area (Å²) in [5, 5.41) is 3.35. The molecule has 1 aromatic heterocycles. The fraction of sp³-hybridized carbons (Fsp3) is 0.750. The van der Waals surface area contributed by atoms with E-state index in [-0.39, 0.29) is 0 Å². The average molecular weight is 293 g/mol. The Morgan fingerprint density at radius 1 is 1.24 bits per heavy atom. The summed E-state index contributed by atoms with van der Waals surface area (Å²) in [4.78, 5) is 9.29. The Hall–Kier alpha value is -1.36. The number of nitrogens with zero attached hydrogens (tertiary/aromatic N) is 2. The van der Waals surface area contributed by atoms with Gasteiger partial charge in [-0.25, -0.2) is 4.98 Å². The van der Waals surface area contributed by atoms with E-state index in [1.807, 2.05) is 13.0 Å². The van der Waals surface area contributed by atoms with E-state index in [0.717, 1.165) is 31.2 Å². The van der Waals surface area contributed by atoms with Gasteiger partial charge in [-0.2, -0.15) is 4.98 Å². The van der Waals surface area contributed by atoms with Gasteiger partial charge >= 0.3 is 0 Å². The second-order valence-corrected chi connectivity index (χ2v) is 5.49. The van der Waals surface area contributed by atoms with Gasteiger partial charge in [0.25, 0.3) is 0 Å². The minimum atomic E-state index is 0.485. The van der Waals surface area contributed by atoms with Gasteiger partial charge < -0.3 is 14.8 Å². The van der Waals surface area contributed by atoms with Crippen LogP contribution in [0.1, 0.15) is 57.2 Å². The third kappa shape index (κ3) is 5.16. The lowest BCUT2D eigenvalue weighted by molar-refractivity contribution is 0.197. The molecule has 2 rings (SSSR count). The normalized spacial score (nSPS) is 15.9. The van der Waals surface area contributed by atoms with E-state index >= 15 is 0 Å². The Balaban J connectivity index is 2.05. The molecule has 0 radical (unpaired) electrons. The number of hydrogen-bond donors (Lipinski definition) is 1. The van der Waals surface area contributed by atoms with Crippen molar-refractivity contribution < 1.29 is 9.47 Å². The van der Waals surface area contributed by atoms with Gasteiger partial charge in [0.1, 0.15) is 11.6 Å². The van der Waals surface area contributed by atoms with Gasteiger partial charge in [-0.3, -0.25) is 0 Å². The van der Waals surface area contributed by atoms with Crippen LogP contribution in [0, 0.1) is 0 Å². The quantitative estimate of drug-likeness (QED) is 0.745. The zero-order valence-corrected chi connectivity index (χ0v) is 13.2. The lowest BCUT2D eigenvalue weighted by Crippen LogP contribution is -2.13. The van der Waals surface area contributed by atoms with Crippen molar-refractivity contribution in [2.75, 3.05) is 32.2 Å². The molecule has 0 spiro atoms. The highest BCUT2D eigenvalue weighted by molar-refractivity contribution is 5.39. The lowest BCUT2D eigenvalue weighted by Gasteiger charge is -2.21. The van der Waals surface area contributed by atoms with E-state index < -0.39 is 0 Å². The van der Waals surface area contributed by atoms with E-state index in [1.165, 1.54) is 32.1 Å². The second kappa shape index (κ2) is 8.82. The maximum absolute atomic E-state index is 5.59. The molecule has 5 nitrogen and oxygen atoms in total. The minimum absolute atomic E-state index is 0.485. The summed E-state index contributed by atoms with van der Waals surface area (Å²) in [6, 6.07) is 1.89. The summed E-state index contributed by atoms with van der Waals surface area (Å²) in [5.41, 5.74) is 0. The molecule has 0 unspecified atom stereocenters. The maximum atomic E-state index is 5.59. The summed E-state index contributed by atoms with van der Waals surface area (Å²) >= 11 is 0. The summed E-state index contributed by atoms with van der Waals surface area (Å²) in [5.74, 6) is 2.97. The molecule has 0 aliphatic heterocycles. The first-order chi connectivity index (χ1) is 10.3. The molecule has 1 aliphatic carbocycles. The van der Waals surface area contributed by atoms with Crippen molar-refractivity contribution in [3.05, 3.63) is 11.9 Å². The van der Waals surface area contributed by atoms with Crippen LogP contribution in [-0.4, -0.2) is 36.8 Å². The smallest absolute Gasteiger partial charge is 0.218 e. The molecule has 1 N–H and O–H groups in total. The van der Waals surface area contributed by atoms with E-state index in [0.29, 0.717) is 18.4 Å². The molecule has 21 heavy (non-hydrogen) atoms. The molecule has 1 fully saturated rings. The van der Waals surface area contributed by atoms with Crippen LogP contribution in [0.4, 0.5) is 5.82 Å². The molecular weight excluding hydrogens is 266 g/mol. The van der Waals surface area contributed by atoms with Gasteiger partial charge in [0.2, 0.25) is 5.88 Å². The fourth-order valence-corrected chi connectivity index (χ4v) is 2.73. The number of rotatable bonds is 8. The van der Waals surface area contributed by atoms with Crippen LogP contribution in [0.5, 0.6) is 5.88 Å². The van der Waals surface area contributed by atoms with Gasteiger partial charge in [0, 0.05) is 32.2 Å². The monoisotopic (exact) mass is 293 g/mol. The van der Waals surface area contributed by atoms with E-state index in [2.05, 4.69) is 10.3 Å². The molecule has 0 amide bonds. The molecular formula is C16H27N3O2. The van der Waals surface area contributed by atoms with Crippen LogP contribution in [0.25, 0.3) is 0 Å². The Bertz CT molecular complexity index is 420. The Labute approximate surface area is 127 Å². The number of aromatic nitrogens is 2. The molecule has 0 atom stereocenters. The predicted molar refractivity (Wildman–Crippen MR) is 84.0 cm³/mol. The van der Waals surface area contributed by atoms with Gasteiger partial charge in [-0.05, 0) is 26.2 Å². The average Bonchev–Trinajstić information content (AvgIpc) is 2.53. The molecule has 1 aliphatic rings. The van der Waals surface area contributed by atoms with Crippen molar-refractivity contribution >= 4 is 5.82 Å². The Morgan fingerprint density at radius 2 is 2.05 bits per heavy atom. The lowest BCUT2D eigenvalue weighted by atomic mass is 9.89. The Morgan fingerprint density at radius 3 is 2.76 bits per heavy atom. The molecule has 1 heterocycles.